The maximum atomic E-state index is 12.8. The highest BCUT2D eigenvalue weighted by Crippen LogP contribution is 2.34. The van der Waals surface area contributed by atoms with Crippen LogP contribution in [0, 0.1) is 6.92 Å². The molecule has 0 aliphatic heterocycles. The van der Waals surface area contributed by atoms with Crippen LogP contribution in [0.3, 0.4) is 0 Å². The van der Waals surface area contributed by atoms with Gasteiger partial charge in [0.2, 0.25) is 0 Å². The summed E-state index contributed by atoms with van der Waals surface area (Å²) in [5, 5.41) is 0. The van der Waals surface area contributed by atoms with Crippen molar-refractivity contribution in [1.82, 2.24) is 0 Å². The molecular weight excluding hydrogens is 360 g/mol. The van der Waals surface area contributed by atoms with E-state index in [9.17, 15) is 8.42 Å². The molecule has 0 amide bonds. The van der Waals surface area contributed by atoms with E-state index in [2.05, 4.69) is 15.9 Å². The first-order valence-electron chi connectivity index (χ1n) is 6.01. The number of aryl methyl sites for hydroxylation is 1. The van der Waals surface area contributed by atoms with Gasteiger partial charge in [0.1, 0.15) is 4.90 Å². The first kappa shape index (κ1) is 15.3. The highest BCUT2D eigenvalue weighted by Gasteiger charge is 2.27. The van der Waals surface area contributed by atoms with Crippen molar-refractivity contribution in [3.05, 3.63) is 39.0 Å². The van der Waals surface area contributed by atoms with E-state index in [4.69, 9.17) is 5.73 Å². The minimum absolute atomic E-state index is 0.319. The van der Waals surface area contributed by atoms with Crippen molar-refractivity contribution in [2.45, 2.75) is 18.7 Å². The molecule has 2 aromatic rings. The Bertz CT molecular complexity index is 726. The van der Waals surface area contributed by atoms with Crippen molar-refractivity contribution in [3.63, 3.8) is 0 Å². The van der Waals surface area contributed by atoms with Gasteiger partial charge < -0.3 is 5.73 Å². The molecule has 1 aromatic carbocycles. The maximum Gasteiger partial charge on any atom is 0.265 e. The normalized spacial score (nSPS) is 11.6. The van der Waals surface area contributed by atoms with Gasteiger partial charge in [-0.1, -0.05) is 12.1 Å². The molecule has 20 heavy (non-hydrogen) atoms. The number of hydrogen-bond acceptors (Lipinski definition) is 4. The quantitative estimate of drug-likeness (QED) is 0.831. The summed E-state index contributed by atoms with van der Waals surface area (Å²) in [6, 6.07) is 8.61. The van der Waals surface area contributed by atoms with Crippen LogP contribution in [0.1, 0.15) is 11.8 Å². The third kappa shape index (κ3) is 2.70. The molecule has 0 atom stereocenters. The van der Waals surface area contributed by atoms with Crippen LogP contribution in [-0.4, -0.2) is 15.0 Å². The van der Waals surface area contributed by atoms with Crippen LogP contribution in [-0.2, 0) is 10.0 Å². The number of halogens is 1. The number of thiophene rings is 1. The minimum atomic E-state index is -3.60. The molecule has 0 bridgehead atoms. The zero-order valence-electron chi connectivity index (χ0n) is 11.1. The Labute approximate surface area is 131 Å². The van der Waals surface area contributed by atoms with Gasteiger partial charge in [-0.15, -0.1) is 11.3 Å². The Balaban J connectivity index is 2.57. The number of nitrogens with two attached hydrogens (primary N) is 1. The molecule has 0 radical (unpaired) electrons. The van der Waals surface area contributed by atoms with Crippen molar-refractivity contribution in [2.75, 3.05) is 16.6 Å². The summed E-state index contributed by atoms with van der Waals surface area (Å²) in [4.78, 5) is 1.07. The molecule has 0 saturated heterocycles. The van der Waals surface area contributed by atoms with Gasteiger partial charge in [0.05, 0.1) is 15.2 Å². The lowest BCUT2D eigenvalue weighted by Crippen LogP contribution is -2.31. The molecule has 0 fully saturated rings. The summed E-state index contributed by atoms with van der Waals surface area (Å²) in [5.41, 5.74) is 6.86. The fourth-order valence-corrected chi connectivity index (χ4v) is 5.88. The highest BCUT2D eigenvalue weighted by atomic mass is 79.9. The van der Waals surface area contributed by atoms with Crippen LogP contribution in [0.15, 0.2) is 39.0 Å². The van der Waals surface area contributed by atoms with Crippen molar-refractivity contribution < 1.29 is 8.42 Å². The molecule has 0 unspecified atom stereocenters. The SMILES string of the molecule is CCN(c1ccccc1N)S(=O)(=O)c1cc(Br)sc1C. The van der Waals surface area contributed by atoms with Gasteiger partial charge >= 0.3 is 0 Å². The average molecular weight is 375 g/mol. The van der Waals surface area contributed by atoms with Crippen molar-refractivity contribution in [2.24, 2.45) is 0 Å². The molecule has 1 heterocycles. The first-order valence-corrected chi connectivity index (χ1v) is 9.06. The molecule has 7 heteroatoms. The first-order chi connectivity index (χ1) is 9.37. The van der Waals surface area contributed by atoms with E-state index in [1.807, 2.05) is 0 Å². The predicted octanol–water partition coefficient (Wildman–Crippen LogP) is 3.62. The molecule has 0 aliphatic rings. The standard InChI is InChI=1S/C13H15BrN2O2S2/c1-3-16(11-7-5-4-6-10(11)15)20(17,18)12-8-13(14)19-9(12)2/h4-8H,3,15H2,1-2H3. The summed E-state index contributed by atoms with van der Waals surface area (Å²) in [6.07, 6.45) is 0. The number of benzene rings is 1. The zero-order chi connectivity index (χ0) is 14.9. The van der Waals surface area contributed by atoms with Crippen molar-refractivity contribution >= 4 is 48.7 Å². The Morgan fingerprint density at radius 3 is 2.50 bits per heavy atom. The van der Waals surface area contributed by atoms with E-state index in [0.717, 1.165) is 8.66 Å². The maximum absolute atomic E-state index is 12.8. The fraction of sp³-hybridized carbons (Fsp3) is 0.231. The minimum Gasteiger partial charge on any atom is -0.397 e. The van der Waals surface area contributed by atoms with Crippen LogP contribution in [0.4, 0.5) is 11.4 Å². The number of para-hydroxylation sites is 2. The molecule has 0 spiro atoms. The zero-order valence-corrected chi connectivity index (χ0v) is 14.3. The smallest absolute Gasteiger partial charge is 0.265 e. The Morgan fingerprint density at radius 1 is 1.35 bits per heavy atom. The second-order valence-corrected chi connectivity index (χ2v) is 8.67. The molecule has 0 aliphatic carbocycles. The Hall–Kier alpha value is -1.05. The molecule has 0 saturated carbocycles. The summed E-state index contributed by atoms with van der Waals surface area (Å²) in [6.45, 7) is 3.91. The summed E-state index contributed by atoms with van der Waals surface area (Å²) in [7, 11) is -3.60. The lowest BCUT2D eigenvalue weighted by Gasteiger charge is -2.24. The van der Waals surface area contributed by atoms with Gasteiger partial charge in [-0.3, -0.25) is 4.31 Å². The number of nitrogens with zero attached hydrogens (tertiary/aromatic N) is 1. The summed E-state index contributed by atoms with van der Waals surface area (Å²) >= 11 is 4.73. The van der Waals surface area contributed by atoms with Crippen LogP contribution in [0.5, 0.6) is 0 Å². The topological polar surface area (TPSA) is 63.4 Å². The molecule has 4 nitrogen and oxygen atoms in total. The van der Waals surface area contributed by atoms with E-state index in [1.54, 1.807) is 44.2 Å². The molecule has 1 aromatic heterocycles. The van der Waals surface area contributed by atoms with E-state index in [1.165, 1.54) is 15.6 Å². The predicted molar refractivity (Wildman–Crippen MR) is 87.8 cm³/mol. The van der Waals surface area contributed by atoms with Gasteiger partial charge in [-0.05, 0) is 48.0 Å². The number of sulfonamides is 1. The average Bonchev–Trinajstić information content (AvgIpc) is 2.72. The van der Waals surface area contributed by atoms with Gasteiger partial charge in [-0.2, -0.15) is 0 Å². The van der Waals surface area contributed by atoms with E-state index >= 15 is 0 Å². The number of nitrogen functional groups attached to an aromatic ring is 1. The van der Waals surface area contributed by atoms with E-state index < -0.39 is 10.0 Å². The van der Waals surface area contributed by atoms with E-state index in [0.29, 0.717) is 22.8 Å². The van der Waals surface area contributed by atoms with Gasteiger partial charge in [0.25, 0.3) is 10.0 Å². The van der Waals surface area contributed by atoms with E-state index in [-0.39, 0.29) is 0 Å². The van der Waals surface area contributed by atoms with Gasteiger partial charge in [0, 0.05) is 11.4 Å². The summed E-state index contributed by atoms with van der Waals surface area (Å²) < 4.78 is 27.7. The Morgan fingerprint density at radius 2 is 2.00 bits per heavy atom. The number of rotatable bonds is 4. The number of hydrogen-bond donors (Lipinski definition) is 1. The van der Waals surface area contributed by atoms with Crippen LogP contribution in [0.2, 0.25) is 0 Å². The fourth-order valence-electron chi connectivity index (χ4n) is 1.99. The van der Waals surface area contributed by atoms with Crippen LogP contribution >= 0.6 is 27.3 Å². The molecule has 108 valence electrons. The van der Waals surface area contributed by atoms with Crippen LogP contribution in [0.25, 0.3) is 0 Å². The highest BCUT2D eigenvalue weighted by molar-refractivity contribution is 9.11. The lowest BCUT2D eigenvalue weighted by atomic mass is 10.3. The van der Waals surface area contributed by atoms with Gasteiger partial charge in [-0.25, -0.2) is 8.42 Å². The Kier molecular flexibility index (Phi) is 4.41. The third-order valence-electron chi connectivity index (χ3n) is 2.90. The van der Waals surface area contributed by atoms with Crippen LogP contribution < -0.4 is 10.0 Å². The van der Waals surface area contributed by atoms with Gasteiger partial charge in [0.15, 0.2) is 0 Å². The molecule has 2 rings (SSSR count). The molecule has 2 N–H and O–H groups in total. The molecular formula is C13H15BrN2O2S2. The monoisotopic (exact) mass is 374 g/mol. The summed E-state index contributed by atoms with van der Waals surface area (Å²) in [5.74, 6) is 0. The third-order valence-corrected chi connectivity index (χ3v) is 6.60. The van der Waals surface area contributed by atoms with Crippen molar-refractivity contribution in [1.29, 1.82) is 0 Å². The second-order valence-electron chi connectivity index (χ2n) is 4.20. The largest absolute Gasteiger partial charge is 0.397 e. The van der Waals surface area contributed by atoms with Crippen molar-refractivity contribution in [3.8, 4) is 0 Å². The lowest BCUT2D eigenvalue weighted by molar-refractivity contribution is 0.592. The second kappa shape index (κ2) is 5.75. The number of anilines is 2.